The van der Waals surface area contributed by atoms with Crippen molar-refractivity contribution in [1.82, 2.24) is 0 Å². The van der Waals surface area contributed by atoms with Crippen molar-refractivity contribution in [2.45, 2.75) is 18.5 Å². The van der Waals surface area contributed by atoms with E-state index in [9.17, 15) is 28.1 Å². The topological polar surface area (TPSA) is 60.2 Å². The molecule has 0 radical (unpaired) electrons. The molecule has 1 aromatic carbocycles. The molecule has 0 saturated carbocycles. The summed E-state index contributed by atoms with van der Waals surface area (Å²) in [4.78, 5) is 22.3. The van der Waals surface area contributed by atoms with Crippen molar-refractivity contribution in [1.29, 1.82) is 0 Å². The third-order valence-corrected chi connectivity index (χ3v) is 4.79. The van der Waals surface area contributed by atoms with Crippen LogP contribution in [0.1, 0.15) is 23.5 Å². The average molecular weight is 333 g/mol. The minimum Gasteiger partial charge on any atom is -0.299 e. The highest BCUT2D eigenvalue weighted by atomic mass is 32.2. The van der Waals surface area contributed by atoms with Gasteiger partial charge in [0.1, 0.15) is 5.78 Å². The largest absolute Gasteiger partial charge is 0.416 e. The number of ketones is 1. The Balaban J connectivity index is 2.28. The van der Waals surface area contributed by atoms with Crippen LogP contribution in [-0.4, -0.2) is 28.8 Å². The van der Waals surface area contributed by atoms with E-state index in [0.29, 0.717) is 23.5 Å². The molecule has 1 fully saturated rings. The van der Waals surface area contributed by atoms with E-state index in [-0.39, 0.29) is 5.78 Å². The van der Waals surface area contributed by atoms with Crippen LogP contribution >= 0.6 is 11.8 Å². The van der Waals surface area contributed by atoms with Crippen molar-refractivity contribution in [3.63, 3.8) is 0 Å². The summed E-state index contributed by atoms with van der Waals surface area (Å²) in [7, 11) is 0. The Morgan fingerprint density at radius 3 is 2.45 bits per heavy atom. The van der Waals surface area contributed by atoms with Gasteiger partial charge in [-0.25, -0.2) is 0 Å². The molecule has 0 bridgehead atoms. The number of Topliss-reactive ketones (excluding diaryl/α,β-unsaturated/α-hetero) is 1. The Bertz CT molecular complexity index is 559. The van der Waals surface area contributed by atoms with Crippen LogP contribution < -0.4 is 0 Å². The predicted molar refractivity (Wildman–Crippen MR) is 76.5 cm³/mol. The number of hydrogen-bond acceptors (Lipinski definition) is 4. The average Bonchev–Trinajstić information content (AvgIpc) is 2.45. The van der Waals surface area contributed by atoms with Crippen LogP contribution in [0.2, 0.25) is 0 Å². The number of nitro groups is 1. The third-order valence-electron chi connectivity index (χ3n) is 3.70. The second-order valence-corrected chi connectivity index (χ2v) is 6.29. The van der Waals surface area contributed by atoms with E-state index >= 15 is 0 Å². The molecule has 120 valence electrons. The fraction of sp³-hybridized carbons (Fsp3) is 0.500. The number of nitrogens with zero attached hydrogens (tertiary/aromatic N) is 1. The maximum absolute atomic E-state index is 12.6. The van der Waals surface area contributed by atoms with Gasteiger partial charge in [-0.15, -0.1) is 0 Å². The van der Waals surface area contributed by atoms with E-state index in [2.05, 4.69) is 0 Å². The fourth-order valence-corrected chi connectivity index (χ4v) is 3.73. The molecule has 1 saturated heterocycles. The van der Waals surface area contributed by atoms with Gasteiger partial charge in [0.25, 0.3) is 0 Å². The Morgan fingerprint density at radius 1 is 1.32 bits per heavy atom. The third kappa shape index (κ3) is 4.00. The lowest BCUT2D eigenvalue weighted by atomic mass is 9.83. The zero-order valence-corrected chi connectivity index (χ0v) is 12.3. The summed E-state index contributed by atoms with van der Waals surface area (Å²) in [6.45, 7) is -0.456. The summed E-state index contributed by atoms with van der Waals surface area (Å²) in [6, 6.07) is 4.29. The van der Waals surface area contributed by atoms with Crippen LogP contribution in [0.3, 0.4) is 0 Å². The van der Waals surface area contributed by atoms with E-state index in [1.54, 1.807) is 11.8 Å². The van der Waals surface area contributed by atoms with Crippen molar-refractivity contribution in [2.24, 2.45) is 5.92 Å². The van der Waals surface area contributed by atoms with Crippen molar-refractivity contribution in [3.05, 3.63) is 45.5 Å². The molecule has 1 heterocycles. The Morgan fingerprint density at radius 2 is 1.95 bits per heavy atom. The monoisotopic (exact) mass is 333 g/mol. The highest BCUT2D eigenvalue weighted by molar-refractivity contribution is 7.99. The van der Waals surface area contributed by atoms with Crippen molar-refractivity contribution in [3.8, 4) is 0 Å². The molecule has 2 rings (SSSR count). The molecule has 1 aliphatic rings. The molecule has 0 aliphatic carbocycles. The molecule has 8 heteroatoms. The normalized spacial score (nSPS) is 20.7. The highest BCUT2D eigenvalue weighted by Crippen LogP contribution is 2.35. The number of alkyl halides is 3. The smallest absolute Gasteiger partial charge is 0.299 e. The maximum atomic E-state index is 12.6. The van der Waals surface area contributed by atoms with Gasteiger partial charge >= 0.3 is 6.18 Å². The lowest BCUT2D eigenvalue weighted by molar-refractivity contribution is -0.484. The highest BCUT2D eigenvalue weighted by Gasteiger charge is 2.36. The quantitative estimate of drug-likeness (QED) is 0.626. The van der Waals surface area contributed by atoms with Gasteiger partial charge < -0.3 is 0 Å². The molecular formula is C14H14F3NO3S. The van der Waals surface area contributed by atoms with Crippen molar-refractivity contribution in [2.75, 3.05) is 18.1 Å². The van der Waals surface area contributed by atoms with Gasteiger partial charge in [0.15, 0.2) is 0 Å². The number of hydrogen-bond donors (Lipinski definition) is 0. The molecule has 22 heavy (non-hydrogen) atoms. The summed E-state index contributed by atoms with van der Waals surface area (Å²) in [5.41, 5.74) is -0.397. The first-order chi connectivity index (χ1) is 10.3. The fourth-order valence-electron chi connectivity index (χ4n) is 2.55. The summed E-state index contributed by atoms with van der Waals surface area (Å²) in [6.07, 6.45) is -4.10. The Hall–Kier alpha value is -1.57. The summed E-state index contributed by atoms with van der Waals surface area (Å²) in [5.74, 6) is -0.0877. The van der Waals surface area contributed by atoms with E-state index < -0.39 is 35.0 Å². The van der Waals surface area contributed by atoms with Gasteiger partial charge in [-0.3, -0.25) is 14.9 Å². The maximum Gasteiger partial charge on any atom is 0.416 e. The molecule has 0 spiro atoms. The van der Waals surface area contributed by atoms with Gasteiger partial charge in [-0.2, -0.15) is 24.9 Å². The van der Waals surface area contributed by atoms with Crippen LogP contribution in [0.25, 0.3) is 0 Å². The van der Waals surface area contributed by atoms with Gasteiger partial charge in [0.2, 0.25) is 6.54 Å². The number of rotatable bonds is 4. The van der Waals surface area contributed by atoms with E-state index in [0.717, 1.165) is 12.1 Å². The Labute approximate surface area is 129 Å². The number of carbonyl (C=O) groups excluding carboxylic acids is 1. The molecule has 4 nitrogen and oxygen atoms in total. The van der Waals surface area contributed by atoms with Crippen molar-refractivity contribution < 1.29 is 22.9 Å². The van der Waals surface area contributed by atoms with Gasteiger partial charge in [-0.05, 0) is 17.7 Å². The molecule has 0 aromatic heterocycles. The van der Waals surface area contributed by atoms with Crippen LogP contribution in [0.5, 0.6) is 0 Å². The zero-order chi connectivity index (χ0) is 16.3. The number of thioether (sulfide) groups is 1. The second kappa shape index (κ2) is 6.68. The minimum absolute atomic E-state index is 0.0505. The molecule has 0 amide bonds. The first kappa shape index (κ1) is 16.8. The lowest BCUT2D eigenvalue weighted by Gasteiger charge is -2.26. The second-order valence-electron chi connectivity index (χ2n) is 5.14. The van der Waals surface area contributed by atoms with Crippen molar-refractivity contribution >= 4 is 17.5 Å². The van der Waals surface area contributed by atoms with E-state index in [1.165, 1.54) is 12.1 Å². The van der Waals surface area contributed by atoms with Crippen LogP contribution in [0.15, 0.2) is 24.3 Å². The SMILES string of the molecule is O=C1CCSC[C@H]1[C@@H](C[N+](=O)[O-])c1ccc(C(F)(F)F)cc1. The minimum atomic E-state index is -4.45. The summed E-state index contributed by atoms with van der Waals surface area (Å²) in [5, 5.41) is 10.9. The van der Waals surface area contributed by atoms with Crippen LogP contribution in [0, 0.1) is 16.0 Å². The number of halogens is 3. The number of carbonyl (C=O) groups is 1. The van der Waals surface area contributed by atoms with Crippen LogP contribution in [-0.2, 0) is 11.0 Å². The molecule has 1 aliphatic heterocycles. The molecule has 2 atom stereocenters. The zero-order valence-electron chi connectivity index (χ0n) is 11.5. The predicted octanol–water partition coefficient (Wildman–Crippen LogP) is 3.39. The molecule has 0 N–H and O–H groups in total. The van der Waals surface area contributed by atoms with Gasteiger partial charge in [-0.1, -0.05) is 12.1 Å². The van der Waals surface area contributed by atoms with Gasteiger partial charge in [0.05, 0.1) is 11.5 Å². The van der Waals surface area contributed by atoms with Gasteiger partial charge in [0, 0.05) is 28.8 Å². The molecule has 0 unspecified atom stereocenters. The van der Waals surface area contributed by atoms with E-state index in [1.807, 2.05) is 0 Å². The first-order valence-electron chi connectivity index (χ1n) is 6.68. The van der Waals surface area contributed by atoms with Crippen LogP contribution in [0.4, 0.5) is 13.2 Å². The standard InChI is InChI=1S/C14H14F3NO3S/c15-14(16,17)10-3-1-9(2-4-10)11(7-18(20)21)12-8-22-6-5-13(12)19/h1-4,11-12H,5-8H2/t11-,12-/m0/s1. The first-order valence-corrected chi connectivity index (χ1v) is 7.84. The summed E-state index contributed by atoms with van der Waals surface area (Å²) >= 11 is 1.54. The molecular weight excluding hydrogens is 319 g/mol. The molecule has 1 aromatic rings. The van der Waals surface area contributed by atoms with E-state index in [4.69, 9.17) is 0 Å². The Kier molecular flexibility index (Phi) is 5.10. The lowest BCUT2D eigenvalue weighted by Crippen LogP contribution is -2.32. The number of benzene rings is 1. The summed E-state index contributed by atoms with van der Waals surface area (Å²) < 4.78 is 37.7.